The van der Waals surface area contributed by atoms with E-state index in [4.69, 9.17) is 9.72 Å². The number of anilines is 4. The number of hydrogen-bond acceptors (Lipinski definition) is 4. The maximum absolute atomic E-state index is 6.79. The van der Waals surface area contributed by atoms with Crippen LogP contribution in [0.25, 0.3) is 38.8 Å². The molecule has 0 bridgehead atoms. The van der Waals surface area contributed by atoms with Gasteiger partial charge in [0.05, 0.1) is 22.4 Å². The first-order chi connectivity index (χ1) is 28.6. The Morgan fingerprint density at radius 3 is 1.80 bits per heavy atom. The van der Waals surface area contributed by atoms with E-state index >= 15 is 0 Å². The van der Waals surface area contributed by atoms with E-state index in [1.807, 2.05) is 12.3 Å². The van der Waals surface area contributed by atoms with Gasteiger partial charge in [0.15, 0.2) is 0 Å². The summed E-state index contributed by atoms with van der Waals surface area (Å²) in [5, 5.41) is 2.36. The molecule has 0 saturated heterocycles. The fourth-order valence-electron chi connectivity index (χ4n) is 8.90. The number of aryl methyl sites for hydroxylation is 2. The second kappa shape index (κ2) is 14.7. The molecule has 0 amide bonds. The standard InChI is InChI=1S/C55H56N4O/c1-35(2)39-27-36(3)53(37(4)28-39)38-25-26-56-52(29-38)59-50-31-41(55(8,9)10)21-23-46(50)47-24-22-45(33-51(47)59)60-44-18-14-17-43(32-44)58-34-57(48-19-11-12-20-49(48)58)42-16-13-15-40(30-42)54(5,6)7/h11-33,35H,34H2,1-10H3. The number of hydrogen-bond donors (Lipinski definition) is 0. The molecule has 1 aliphatic rings. The first-order valence-electron chi connectivity index (χ1n) is 21.3. The molecule has 0 N–H and O–H groups in total. The summed E-state index contributed by atoms with van der Waals surface area (Å²) in [4.78, 5) is 9.83. The van der Waals surface area contributed by atoms with Gasteiger partial charge in [-0.15, -0.1) is 0 Å². The fourth-order valence-corrected chi connectivity index (χ4v) is 8.90. The number of aromatic nitrogens is 2. The predicted molar refractivity (Wildman–Crippen MR) is 254 cm³/mol. The van der Waals surface area contributed by atoms with E-state index in [2.05, 4.69) is 211 Å². The van der Waals surface area contributed by atoms with Gasteiger partial charge in [-0.1, -0.05) is 110 Å². The first kappa shape index (κ1) is 39.1. The van der Waals surface area contributed by atoms with Crippen LogP contribution in [0.1, 0.15) is 89.1 Å². The molecular weight excluding hydrogens is 733 g/mol. The minimum Gasteiger partial charge on any atom is -0.457 e. The summed E-state index contributed by atoms with van der Waals surface area (Å²) in [7, 11) is 0. The van der Waals surface area contributed by atoms with E-state index in [-0.39, 0.29) is 10.8 Å². The number of benzene rings is 6. The Labute approximate surface area is 355 Å². The zero-order valence-electron chi connectivity index (χ0n) is 36.8. The molecule has 1 aliphatic heterocycles. The highest BCUT2D eigenvalue weighted by molar-refractivity contribution is 6.10. The van der Waals surface area contributed by atoms with Crippen LogP contribution in [0.3, 0.4) is 0 Å². The van der Waals surface area contributed by atoms with Crippen molar-refractivity contribution in [3.8, 4) is 28.4 Å². The molecule has 0 aliphatic carbocycles. The van der Waals surface area contributed by atoms with Gasteiger partial charge in [0.1, 0.15) is 24.0 Å². The smallest absolute Gasteiger partial charge is 0.138 e. The predicted octanol–water partition coefficient (Wildman–Crippen LogP) is 15.2. The Morgan fingerprint density at radius 2 is 1.15 bits per heavy atom. The third kappa shape index (κ3) is 7.10. The average Bonchev–Trinajstić information content (AvgIpc) is 3.76. The quantitative estimate of drug-likeness (QED) is 0.161. The monoisotopic (exact) mass is 788 g/mol. The van der Waals surface area contributed by atoms with Crippen molar-refractivity contribution in [3.05, 3.63) is 167 Å². The largest absolute Gasteiger partial charge is 0.457 e. The molecule has 0 saturated carbocycles. The molecule has 0 unspecified atom stereocenters. The normalized spacial score (nSPS) is 13.2. The van der Waals surface area contributed by atoms with Gasteiger partial charge in [0, 0.05) is 40.5 Å². The van der Waals surface area contributed by atoms with Crippen molar-refractivity contribution in [2.45, 2.75) is 86.0 Å². The van der Waals surface area contributed by atoms with Crippen molar-refractivity contribution in [2.24, 2.45) is 0 Å². The van der Waals surface area contributed by atoms with Crippen molar-refractivity contribution in [1.82, 2.24) is 9.55 Å². The number of ether oxygens (including phenoxy) is 1. The van der Waals surface area contributed by atoms with Crippen molar-refractivity contribution in [3.63, 3.8) is 0 Å². The lowest BCUT2D eigenvalue weighted by molar-refractivity contribution is 0.483. The lowest BCUT2D eigenvalue weighted by Crippen LogP contribution is -2.24. The second-order valence-electron chi connectivity index (χ2n) is 19.0. The zero-order chi connectivity index (χ0) is 42.1. The van der Waals surface area contributed by atoms with Crippen LogP contribution in [-0.2, 0) is 10.8 Å². The Balaban J connectivity index is 1.11. The summed E-state index contributed by atoms with van der Waals surface area (Å²) in [6, 6.07) is 48.5. The lowest BCUT2D eigenvalue weighted by Gasteiger charge is -2.25. The SMILES string of the molecule is Cc1cc(C(C)C)cc(C)c1-c1ccnc(-n2c3cc(Oc4cccc(N5CN(c6cccc(C(C)(C)C)c6)c6ccccc65)c4)ccc3c3ccc(C(C)(C)C)cc32)c1. The highest BCUT2D eigenvalue weighted by Crippen LogP contribution is 2.46. The topological polar surface area (TPSA) is 33.5 Å². The molecule has 5 heteroatoms. The van der Waals surface area contributed by atoms with E-state index in [1.165, 1.54) is 61.4 Å². The minimum atomic E-state index is -0.0141. The van der Waals surface area contributed by atoms with Gasteiger partial charge in [0.2, 0.25) is 0 Å². The van der Waals surface area contributed by atoms with E-state index in [9.17, 15) is 0 Å². The summed E-state index contributed by atoms with van der Waals surface area (Å²) < 4.78 is 9.11. The Kier molecular flexibility index (Phi) is 9.62. The first-order valence-corrected chi connectivity index (χ1v) is 21.3. The van der Waals surface area contributed by atoms with Gasteiger partial charge < -0.3 is 14.5 Å². The minimum absolute atomic E-state index is 0.0141. The third-order valence-electron chi connectivity index (χ3n) is 12.2. The third-order valence-corrected chi connectivity index (χ3v) is 12.2. The molecule has 5 nitrogen and oxygen atoms in total. The van der Waals surface area contributed by atoms with E-state index < -0.39 is 0 Å². The number of pyridine rings is 1. The summed E-state index contributed by atoms with van der Waals surface area (Å²) in [6.07, 6.45) is 1.95. The Hall–Kier alpha value is -6.33. The highest BCUT2D eigenvalue weighted by atomic mass is 16.5. The number of fused-ring (bicyclic) bond motifs is 4. The van der Waals surface area contributed by atoms with Gasteiger partial charge in [-0.05, 0) is 136 Å². The van der Waals surface area contributed by atoms with Crippen LogP contribution >= 0.6 is 0 Å². The maximum Gasteiger partial charge on any atom is 0.138 e. The van der Waals surface area contributed by atoms with E-state index in [0.29, 0.717) is 12.6 Å². The van der Waals surface area contributed by atoms with Gasteiger partial charge in [0.25, 0.3) is 0 Å². The van der Waals surface area contributed by atoms with Crippen LogP contribution in [0.5, 0.6) is 11.5 Å². The second-order valence-corrected chi connectivity index (χ2v) is 19.0. The summed E-state index contributed by atoms with van der Waals surface area (Å²) in [5.74, 6) is 2.91. The number of para-hydroxylation sites is 2. The maximum atomic E-state index is 6.79. The number of rotatable bonds is 7. The van der Waals surface area contributed by atoms with Crippen LogP contribution in [0, 0.1) is 13.8 Å². The molecule has 0 radical (unpaired) electrons. The molecule has 8 aromatic rings. The highest BCUT2D eigenvalue weighted by Gasteiger charge is 2.29. The van der Waals surface area contributed by atoms with Gasteiger partial charge in [-0.3, -0.25) is 4.57 Å². The summed E-state index contributed by atoms with van der Waals surface area (Å²) >= 11 is 0. The molecule has 0 atom stereocenters. The van der Waals surface area contributed by atoms with Crippen LogP contribution in [-0.4, -0.2) is 16.2 Å². The molecule has 6 aromatic carbocycles. The van der Waals surface area contributed by atoms with Gasteiger partial charge in [-0.25, -0.2) is 4.98 Å². The van der Waals surface area contributed by atoms with Gasteiger partial charge in [-0.2, -0.15) is 0 Å². The van der Waals surface area contributed by atoms with Crippen LogP contribution in [0.4, 0.5) is 22.7 Å². The summed E-state index contributed by atoms with van der Waals surface area (Å²) in [5.41, 5.74) is 15.8. The van der Waals surface area contributed by atoms with E-state index in [1.54, 1.807) is 0 Å². The summed E-state index contributed by atoms with van der Waals surface area (Å²) in [6.45, 7) is 23.3. The van der Waals surface area contributed by atoms with Crippen molar-refractivity contribution in [2.75, 3.05) is 16.5 Å². The number of nitrogens with zero attached hydrogens (tertiary/aromatic N) is 4. The Morgan fingerprint density at radius 1 is 0.567 bits per heavy atom. The molecule has 0 fully saturated rings. The van der Waals surface area contributed by atoms with Crippen LogP contribution < -0.4 is 14.5 Å². The van der Waals surface area contributed by atoms with Crippen molar-refractivity contribution < 1.29 is 4.74 Å². The molecule has 60 heavy (non-hydrogen) atoms. The molecule has 0 spiro atoms. The fraction of sp³-hybridized carbons (Fsp3) is 0.255. The average molecular weight is 789 g/mol. The van der Waals surface area contributed by atoms with Gasteiger partial charge >= 0.3 is 0 Å². The van der Waals surface area contributed by atoms with Crippen LogP contribution in [0.2, 0.25) is 0 Å². The van der Waals surface area contributed by atoms with Crippen LogP contribution in [0.15, 0.2) is 140 Å². The van der Waals surface area contributed by atoms with E-state index in [0.717, 1.165) is 39.4 Å². The molecule has 302 valence electrons. The molecular formula is C55H56N4O. The zero-order valence-corrected chi connectivity index (χ0v) is 36.8. The Bertz CT molecular complexity index is 2900. The molecule has 9 rings (SSSR count). The van der Waals surface area contributed by atoms with Crippen molar-refractivity contribution >= 4 is 44.6 Å². The lowest BCUT2D eigenvalue weighted by atomic mass is 9.86. The molecule has 2 aromatic heterocycles. The van der Waals surface area contributed by atoms with Crippen molar-refractivity contribution in [1.29, 1.82) is 0 Å². The molecule has 3 heterocycles.